The second-order valence-electron chi connectivity index (χ2n) is 18.1. The first-order valence-corrected chi connectivity index (χ1v) is 21.4. The lowest BCUT2D eigenvalue weighted by atomic mass is 9.44. The molecule has 7 rings (SSSR count). The number of hydrogen-bond acceptors (Lipinski definition) is 15. The van der Waals surface area contributed by atoms with E-state index in [0.717, 1.165) is 6.92 Å². The molecule has 3 aromatic carbocycles. The number of nitrogens with one attached hydrogen (secondary N) is 1. The molecule has 3 fully saturated rings. The Morgan fingerprint density at radius 2 is 1.43 bits per heavy atom. The number of carbonyl (C=O) groups excluding carboxylic acids is 7. The summed E-state index contributed by atoms with van der Waals surface area (Å²) in [6.07, 6.45) is -11.8. The average molecular weight is 896 g/mol. The van der Waals surface area contributed by atoms with Crippen molar-refractivity contribution in [3.05, 3.63) is 119 Å². The Labute approximate surface area is 375 Å². The van der Waals surface area contributed by atoms with Crippen molar-refractivity contribution in [3.63, 3.8) is 0 Å². The van der Waals surface area contributed by atoms with Crippen LogP contribution >= 0.6 is 0 Å². The minimum absolute atomic E-state index is 0.0283. The normalized spacial score (nSPS) is 30.9. The molecule has 2 bridgehead atoms. The van der Waals surface area contributed by atoms with Crippen LogP contribution in [0.2, 0.25) is 0 Å². The topological polar surface area (TPSA) is 238 Å². The molecule has 344 valence electrons. The highest BCUT2D eigenvalue weighted by Crippen LogP contribution is 2.64. The number of benzene rings is 3. The number of amides is 1. The molecule has 4 N–H and O–H groups in total. The Bertz CT molecular complexity index is 2400. The van der Waals surface area contributed by atoms with Crippen LogP contribution in [0.1, 0.15) is 93.1 Å². The molecule has 0 spiro atoms. The van der Waals surface area contributed by atoms with Crippen molar-refractivity contribution in [1.29, 1.82) is 0 Å². The van der Waals surface area contributed by atoms with Crippen molar-refractivity contribution in [2.45, 2.75) is 115 Å². The lowest BCUT2D eigenvalue weighted by Gasteiger charge is -2.67. The monoisotopic (exact) mass is 895 g/mol. The molecule has 1 amide bonds. The van der Waals surface area contributed by atoms with Gasteiger partial charge < -0.3 is 44.3 Å². The van der Waals surface area contributed by atoms with Gasteiger partial charge in [-0.25, -0.2) is 9.59 Å². The third-order valence-corrected chi connectivity index (χ3v) is 13.8. The van der Waals surface area contributed by atoms with E-state index >= 15 is 4.79 Å². The summed E-state index contributed by atoms with van der Waals surface area (Å²) in [5.74, 6) is -7.92. The SMILES string of the molecule is CC(=O)CC(=O)O[C@@]12CO[C@@H]1C[C@H](O)[C@@]1(C)C(=O)[C@H](OC(C)=O)C3=C(C)[C@@H](OC(=O)[C@H](O)[C@@H](NC(=O)c4ccccc4)c4ccccc4)C[C@@](O)([C@@H](OC(=O)c4ccccc4)[C@H]21)C3(C)C. The molecular formula is C49H53NO15. The van der Waals surface area contributed by atoms with Crippen LogP contribution in [0.5, 0.6) is 0 Å². The van der Waals surface area contributed by atoms with Crippen LogP contribution in [0.25, 0.3) is 0 Å². The first-order chi connectivity index (χ1) is 30.7. The number of Topliss-reactive ketones (excluding diaryl/α,β-unsaturated/α-hetero) is 2. The van der Waals surface area contributed by atoms with Gasteiger partial charge in [-0.3, -0.25) is 24.0 Å². The maximum atomic E-state index is 15.6. The second-order valence-corrected chi connectivity index (χ2v) is 18.1. The summed E-state index contributed by atoms with van der Waals surface area (Å²) in [6.45, 7) is 7.74. The largest absolute Gasteiger partial charge is 0.456 e. The van der Waals surface area contributed by atoms with Gasteiger partial charge in [0.1, 0.15) is 36.1 Å². The fourth-order valence-corrected chi connectivity index (χ4v) is 10.4. The van der Waals surface area contributed by atoms with E-state index in [-0.39, 0.29) is 28.7 Å². The number of hydrogen-bond donors (Lipinski definition) is 4. The second kappa shape index (κ2) is 17.7. The third-order valence-electron chi connectivity index (χ3n) is 13.8. The highest BCUT2D eigenvalue weighted by atomic mass is 16.6. The molecule has 0 radical (unpaired) electrons. The molecule has 0 unspecified atom stereocenters. The van der Waals surface area contributed by atoms with E-state index in [4.69, 9.17) is 23.7 Å². The van der Waals surface area contributed by atoms with Crippen molar-refractivity contribution >= 4 is 41.4 Å². The van der Waals surface area contributed by atoms with Gasteiger partial charge in [0, 0.05) is 30.7 Å². The Morgan fingerprint density at radius 3 is 1.98 bits per heavy atom. The van der Waals surface area contributed by atoms with Gasteiger partial charge in [-0.2, -0.15) is 0 Å². The zero-order valence-corrected chi connectivity index (χ0v) is 36.8. The number of rotatable bonds is 12. The maximum Gasteiger partial charge on any atom is 0.338 e. The van der Waals surface area contributed by atoms with E-state index < -0.39 is 131 Å². The fraction of sp³-hybridized carbons (Fsp3) is 0.449. The summed E-state index contributed by atoms with van der Waals surface area (Å²) in [7, 11) is 0. The molecule has 1 saturated heterocycles. The average Bonchev–Trinajstić information content (AvgIpc) is 3.26. The van der Waals surface area contributed by atoms with Crippen LogP contribution in [-0.2, 0) is 47.7 Å². The lowest BCUT2D eigenvalue weighted by molar-refractivity contribution is -0.346. The predicted octanol–water partition coefficient (Wildman–Crippen LogP) is 3.69. The lowest BCUT2D eigenvalue weighted by Crippen LogP contribution is -2.82. The standard InChI is InChI=1S/C49H53NO15/c1-26(51)22-35(54)65-48-25-61-34(48)23-33(53)47(6)40(48)42(64-44(58)31-20-14-9-15-21-31)49(60)24-32(27(2)36(46(49,4)5)39(41(47)56)62-28(3)52)63-45(59)38(55)37(29-16-10-7-11-17-29)50-43(57)30-18-12-8-13-19-30/h7-21,32-34,37-40,42,53,55,60H,22-25H2,1-6H3,(H,50,57)/t32-,33-,34+,37-,38+,39+,40-,42-,47+,48-,49+/m0/s1. The smallest absolute Gasteiger partial charge is 0.338 e. The van der Waals surface area contributed by atoms with E-state index in [9.17, 15) is 44.1 Å². The molecule has 2 saturated carbocycles. The first-order valence-electron chi connectivity index (χ1n) is 21.4. The van der Waals surface area contributed by atoms with Gasteiger partial charge in [-0.15, -0.1) is 0 Å². The van der Waals surface area contributed by atoms with Crippen molar-refractivity contribution in [2.24, 2.45) is 16.7 Å². The Hall–Kier alpha value is -6.07. The molecule has 3 aliphatic carbocycles. The highest BCUT2D eigenvalue weighted by molar-refractivity contribution is 5.97. The van der Waals surface area contributed by atoms with E-state index in [1.54, 1.807) is 78.9 Å². The van der Waals surface area contributed by atoms with E-state index in [1.165, 1.54) is 46.8 Å². The Morgan fingerprint density at radius 1 is 0.846 bits per heavy atom. The van der Waals surface area contributed by atoms with Gasteiger partial charge in [0.25, 0.3) is 5.91 Å². The fourth-order valence-electron chi connectivity index (χ4n) is 10.4. The summed E-state index contributed by atoms with van der Waals surface area (Å²) < 4.78 is 30.4. The number of carbonyl (C=O) groups is 7. The Kier molecular flexibility index (Phi) is 12.8. The first kappa shape index (κ1) is 46.9. The molecule has 1 heterocycles. The third kappa shape index (κ3) is 8.17. The zero-order valence-electron chi connectivity index (χ0n) is 36.8. The number of aliphatic hydroxyl groups is 3. The number of fused-ring (bicyclic) bond motifs is 5. The molecule has 1 aliphatic heterocycles. The van der Waals surface area contributed by atoms with Gasteiger partial charge in [0.15, 0.2) is 23.6 Å². The molecule has 16 nitrogen and oxygen atoms in total. The molecule has 0 aromatic heterocycles. The van der Waals surface area contributed by atoms with E-state index in [0.29, 0.717) is 5.56 Å². The molecule has 4 aliphatic rings. The van der Waals surface area contributed by atoms with Gasteiger partial charge in [-0.1, -0.05) is 80.6 Å². The van der Waals surface area contributed by atoms with Crippen molar-refractivity contribution in [3.8, 4) is 0 Å². The van der Waals surface area contributed by atoms with Crippen molar-refractivity contribution in [2.75, 3.05) is 6.61 Å². The van der Waals surface area contributed by atoms with Crippen LogP contribution in [0.15, 0.2) is 102 Å². The molecule has 65 heavy (non-hydrogen) atoms. The Balaban J connectivity index is 1.40. The maximum absolute atomic E-state index is 15.6. The highest BCUT2D eigenvalue weighted by Gasteiger charge is 2.78. The summed E-state index contributed by atoms with van der Waals surface area (Å²) in [5.41, 5.74) is -7.57. The van der Waals surface area contributed by atoms with Gasteiger partial charge in [-0.05, 0) is 61.7 Å². The zero-order chi connectivity index (χ0) is 47.2. The minimum Gasteiger partial charge on any atom is -0.456 e. The van der Waals surface area contributed by atoms with Crippen LogP contribution in [-0.4, -0.2) is 111 Å². The number of ketones is 2. The van der Waals surface area contributed by atoms with Crippen LogP contribution in [0.4, 0.5) is 0 Å². The summed E-state index contributed by atoms with van der Waals surface area (Å²) >= 11 is 0. The summed E-state index contributed by atoms with van der Waals surface area (Å²) in [4.78, 5) is 96.6. The number of esters is 4. The van der Waals surface area contributed by atoms with Crippen molar-refractivity contribution in [1.82, 2.24) is 5.32 Å². The van der Waals surface area contributed by atoms with E-state index in [1.807, 2.05) is 0 Å². The van der Waals surface area contributed by atoms with Gasteiger partial charge in [0.05, 0.1) is 35.6 Å². The van der Waals surface area contributed by atoms with Gasteiger partial charge >= 0.3 is 23.9 Å². The van der Waals surface area contributed by atoms with Gasteiger partial charge in [0.2, 0.25) is 0 Å². The van der Waals surface area contributed by atoms with Crippen LogP contribution in [0.3, 0.4) is 0 Å². The molecular weight excluding hydrogens is 843 g/mol. The van der Waals surface area contributed by atoms with E-state index in [2.05, 4.69) is 5.32 Å². The summed E-state index contributed by atoms with van der Waals surface area (Å²) in [5, 5.41) is 40.4. The number of aliphatic hydroxyl groups excluding tert-OH is 2. The molecule has 11 atom stereocenters. The minimum atomic E-state index is -2.47. The predicted molar refractivity (Wildman–Crippen MR) is 227 cm³/mol. The molecule has 16 heteroatoms. The van der Waals surface area contributed by atoms with Crippen LogP contribution < -0.4 is 5.32 Å². The van der Waals surface area contributed by atoms with Crippen molar-refractivity contribution < 1.29 is 72.6 Å². The summed E-state index contributed by atoms with van der Waals surface area (Å²) in [6, 6.07) is 22.7. The number of ether oxygens (including phenoxy) is 5. The quantitative estimate of drug-likeness (QED) is 0.0878. The molecule has 3 aromatic rings. The van der Waals surface area contributed by atoms with Crippen LogP contribution in [0, 0.1) is 16.7 Å².